The van der Waals surface area contributed by atoms with Gasteiger partial charge >= 0.3 is 13.4 Å². The zero-order valence-corrected chi connectivity index (χ0v) is 11.2. The summed E-state index contributed by atoms with van der Waals surface area (Å²) in [5.74, 6) is 0. The zero-order valence-electron chi connectivity index (χ0n) is 4.80. The average molecular weight is 412 g/mol. The Balaban J connectivity index is -0.000000107. The summed E-state index contributed by atoms with van der Waals surface area (Å²) in [4.78, 5) is 45.3. The van der Waals surface area contributed by atoms with E-state index in [1.807, 2.05) is 0 Å². The molecule has 0 aromatic heterocycles. The van der Waals surface area contributed by atoms with Crippen LogP contribution in [0.25, 0.3) is 0 Å². The van der Waals surface area contributed by atoms with Crippen molar-refractivity contribution >= 4 is 37.1 Å². The van der Waals surface area contributed by atoms with Gasteiger partial charge < -0.3 is 29.4 Å². The van der Waals surface area contributed by atoms with Gasteiger partial charge in [0, 0.05) is 21.1 Å². The molecule has 0 spiro atoms. The van der Waals surface area contributed by atoms with Crippen LogP contribution < -0.4 is 0 Å². The summed E-state index contributed by atoms with van der Waals surface area (Å²) in [6, 6.07) is 0. The van der Waals surface area contributed by atoms with Crippen LogP contribution in [0.2, 0.25) is 0 Å². The maximum absolute atomic E-state index is 7.56. The second-order valence-corrected chi connectivity index (χ2v) is 6.02. The molecule has 0 amide bonds. The molecule has 0 bridgehead atoms. The normalized spacial score (nSPS) is 10.7. The first-order valence-electron chi connectivity index (χ1n) is 1.57. The van der Waals surface area contributed by atoms with E-state index in [9.17, 15) is 0 Å². The van der Waals surface area contributed by atoms with Gasteiger partial charge in [0.1, 0.15) is 0 Å². The van der Waals surface area contributed by atoms with Crippen LogP contribution in [0.15, 0.2) is 0 Å². The van der Waals surface area contributed by atoms with Crippen LogP contribution in [0.3, 0.4) is 0 Å². The maximum Gasteiger partial charge on any atom is 0.319 e. The Morgan fingerprint density at radius 1 is 0.636 bits per heavy atom. The van der Waals surface area contributed by atoms with Gasteiger partial charge in [0.25, 0.3) is 0 Å². The molecular weight excluding hydrogens is 406 g/mol. The van der Waals surface area contributed by atoms with Crippen molar-refractivity contribution in [3.8, 4) is 0 Å². The first-order valence-corrected chi connectivity index (χ1v) is 6.89. The molecule has 0 unspecified atom stereocenters. The summed E-state index contributed by atoms with van der Waals surface area (Å²) in [6.45, 7) is -7.61. The average Bonchev–Trinajstić information content (AvgIpc) is 1.12. The fourth-order valence-electron chi connectivity index (χ4n) is 0. The number of hydrogen-bond donors (Lipinski definition) is 6. The molecule has 0 saturated carbocycles. The van der Waals surface area contributed by atoms with Gasteiger partial charge in [-0.25, -0.2) is 0 Å². The second-order valence-electron chi connectivity index (χ2n) is 1.03. The quantitative estimate of drug-likeness (QED) is 0.263. The summed E-state index contributed by atoms with van der Waals surface area (Å²) < 4.78 is 0. The predicted octanol–water partition coefficient (Wildman–Crippen LogP) is -1.63. The minimum absolute atomic E-state index is 0. The van der Waals surface area contributed by atoms with Crippen LogP contribution in [0.4, 0.5) is 0 Å². The number of rotatable bonds is 0. The Bertz CT molecular complexity index is 131. The van der Waals surface area contributed by atoms with Gasteiger partial charge in [-0.1, -0.05) is 0 Å². The first-order chi connectivity index (χ1) is 4.00. The molecule has 70 valence electrons. The number of hydrogen-bond acceptors (Lipinski definition) is 2. The Hall–Kier alpha value is 1.75. The molecule has 11 heteroatoms. The van der Waals surface area contributed by atoms with Crippen molar-refractivity contribution in [1.82, 2.24) is 0 Å². The smallest absolute Gasteiger partial charge is 0.319 e. The van der Waals surface area contributed by atoms with Crippen molar-refractivity contribution in [1.29, 1.82) is 0 Å². The van der Waals surface area contributed by atoms with Gasteiger partial charge in [-0.05, 0) is 23.6 Å². The molecule has 0 fully saturated rings. The van der Waals surface area contributed by atoms with Crippen molar-refractivity contribution in [2.24, 2.45) is 0 Å². The van der Waals surface area contributed by atoms with E-state index >= 15 is 0 Å². The molecule has 6 N–H and O–H groups in total. The first kappa shape index (κ1) is 18.5. The van der Waals surface area contributed by atoms with Crippen molar-refractivity contribution in [3.63, 3.8) is 0 Å². The summed E-state index contributed by atoms with van der Waals surface area (Å²) in [6.07, 6.45) is 0. The van der Waals surface area contributed by atoms with E-state index in [-0.39, 0.29) is 21.1 Å². The van der Waals surface area contributed by atoms with Crippen molar-refractivity contribution < 1.29 is 50.4 Å². The third-order valence-electron chi connectivity index (χ3n) is 0. The minimum Gasteiger partial charge on any atom is -0.325 e. The fourth-order valence-corrected chi connectivity index (χ4v) is 0. The van der Waals surface area contributed by atoms with Gasteiger partial charge in [0.15, 0.2) is 0 Å². The molecule has 0 heterocycles. The molecule has 0 rings (SSSR count). The van der Waals surface area contributed by atoms with E-state index in [1.165, 1.54) is 0 Å². The van der Waals surface area contributed by atoms with Crippen LogP contribution in [0, 0.1) is 0 Å². The standard InChI is InChI=1S/2H3O3PS.W/c2*1-4(2,3)5;/h2*(H3,1,2,3,5);. The monoisotopic (exact) mass is 412 g/mol. The Kier molecular flexibility index (Phi) is 12.1. The summed E-state index contributed by atoms with van der Waals surface area (Å²) in [7, 11) is 0. The predicted molar refractivity (Wildman–Crippen MR) is 41.9 cm³/mol. The van der Waals surface area contributed by atoms with Crippen molar-refractivity contribution in [3.05, 3.63) is 0 Å². The van der Waals surface area contributed by atoms with E-state index < -0.39 is 13.4 Å². The molecule has 0 aliphatic carbocycles. The molecule has 0 atom stereocenters. The Morgan fingerprint density at radius 2 is 0.636 bits per heavy atom. The SMILES string of the molecule is OP(O)(O)=S.OP(O)(O)=S.[W]. The summed E-state index contributed by atoms with van der Waals surface area (Å²) in [5.41, 5.74) is 0. The Labute approximate surface area is 87.3 Å². The van der Waals surface area contributed by atoms with E-state index in [0.29, 0.717) is 0 Å². The van der Waals surface area contributed by atoms with E-state index in [1.54, 1.807) is 0 Å². The Morgan fingerprint density at radius 3 is 0.636 bits per heavy atom. The van der Waals surface area contributed by atoms with Crippen LogP contribution in [0.1, 0.15) is 0 Å². The van der Waals surface area contributed by atoms with Gasteiger partial charge in [-0.3, -0.25) is 0 Å². The summed E-state index contributed by atoms with van der Waals surface area (Å²) in [5, 5.41) is 0. The van der Waals surface area contributed by atoms with Crippen LogP contribution in [-0.2, 0) is 44.7 Å². The zero-order chi connectivity index (χ0) is 9.00. The largest absolute Gasteiger partial charge is 0.325 e. The molecule has 0 aromatic rings. The molecule has 11 heavy (non-hydrogen) atoms. The van der Waals surface area contributed by atoms with Crippen LogP contribution in [-0.4, -0.2) is 29.4 Å². The molecule has 0 aliphatic rings. The van der Waals surface area contributed by atoms with Crippen molar-refractivity contribution in [2.45, 2.75) is 0 Å². The molecule has 0 saturated heterocycles. The van der Waals surface area contributed by atoms with E-state index in [2.05, 4.69) is 23.6 Å². The molecular formula is H6O6P2S2W. The van der Waals surface area contributed by atoms with Crippen molar-refractivity contribution in [2.75, 3.05) is 0 Å². The second kappa shape index (κ2) is 7.18. The van der Waals surface area contributed by atoms with Gasteiger partial charge in [0.2, 0.25) is 0 Å². The van der Waals surface area contributed by atoms with Gasteiger partial charge in [-0.15, -0.1) is 0 Å². The molecule has 0 aliphatic heterocycles. The molecule has 0 aromatic carbocycles. The van der Waals surface area contributed by atoms with Gasteiger partial charge in [-0.2, -0.15) is 0 Å². The molecule has 6 nitrogen and oxygen atoms in total. The third-order valence-corrected chi connectivity index (χ3v) is 0. The third kappa shape index (κ3) is 365. The van der Waals surface area contributed by atoms with Gasteiger partial charge in [0.05, 0.1) is 0 Å². The minimum atomic E-state index is -3.81. The van der Waals surface area contributed by atoms with E-state index in [0.717, 1.165) is 0 Å². The topological polar surface area (TPSA) is 121 Å². The molecule has 0 radical (unpaired) electrons. The fraction of sp³-hybridized carbons (Fsp3) is 0. The van der Waals surface area contributed by atoms with E-state index in [4.69, 9.17) is 29.4 Å². The van der Waals surface area contributed by atoms with Crippen LogP contribution in [0.5, 0.6) is 0 Å². The summed E-state index contributed by atoms with van der Waals surface area (Å²) >= 11 is 7.21. The van der Waals surface area contributed by atoms with Crippen LogP contribution >= 0.6 is 13.4 Å². The maximum atomic E-state index is 7.56.